The highest BCUT2D eigenvalue weighted by Gasteiger charge is 2.18. The van der Waals surface area contributed by atoms with Crippen molar-refractivity contribution < 1.29 is 4.79 Å². The van der Waals surface area contributed by atoms with Gasteiger partial charge in [0.15, 0.2) is 0 Å². The van der Waals surface area contributed by atoms with Crippen LogP contribution in [-0.4, -0.2) is 30.0 Å². The van der Waals surface area contributed by atoms with Crippen LogP contribution in [0.4, 0.5) is 0 Å². The van der Waals surface area contributed by atoms with Crippen LogP contribution in [0, 0.1) is 0 Å². The minimum Gasteiger partial charge on any atom is -0.351 e. The second-order valence-electron chi connectivity index (χ2n) is 3.45. The number of aromatic nitrogens is 1. The molecule has 0 atom stereocenters. The maximum Gasteiger partial charge on any atom is 0.224 e. The van der Waals surface area contributed by atoms with Crippen molar-refractivity contribution in [2.45, 2.75) is 12.5 Å². The zero-order valence-corrected chi connectivity index (χ0v) is 7.86. The van der Waals surface area contributed by atoms with E-state index in [0.717, 1.165) is 18.7 Å². The molecular weight excluding hydrogens is 178 g/mol. The predicted molar refractivity (Wildman–Crippen MR) is 52.7 cm³/mol. The van der Waals surface area contributed by atoms with Crippen LogP contribution in [0.5, 0.6) is 0 Å². The minimum absolute atomic E-state index is 0.0858. The van der Waals surface area contributed by atoms with Gasteiger partial charge < -0.3 is 10.6 Å². The summed E-state index contributed by atoms with van der Waals surface area (Å²) < 4.78 is 0. The van der Waals surface area contributed by atoms with Gasteiger partial charge in [0.2, 0.25) is 5.91 Å². The molecule has 0 spiro atoms. The lowest BCUT2D eigenvalue weighted by Crippen LogP contribution is -2.57. The fourth-order valence-electron chi connectivity index (χ4n) is 1.36. The van der Waals surface area contributed by atoms with Crippen LogP contribution in [-0.2, 0) is 11.2 Å². The zero-order chi connectivity index (χ0) is 9.80. The Morgan fingerprint density at radius 3 is 2.79 bits per heavy atom. The van der Waals surface area contributed by atoms with Gasteiger partial charge in [-0.05, 0) is 17.7 Å². The van der Waals surface area contributed by atoms with Crippen LogP contribution < -0.4 is 10.6 Å². The van der Waals surface area contributed by atoms with Crippen LogP contribution in [0.2, 0.25) is 0 Å². The third-order valence-electron chi connectivity index (χ3n) is 2.26. The van der Waals surface area contributed by atoms with E-state index in [9.17, 15) is 4.79 Å². The lowest BCUT2D eigenvalue weighted by molar-refractivity contribution is -0.121. The molecule has 1 aliphatic rings. The summed E-state index contributed by atoms with van der Waals surface area (Å²) in [5.74, 6) is 0.0858. The fraction of sp³-hybridized carbons (Fsp3) is 0.400. The summed E-state index contributed by atoms with van der Waals surface area (Å²) in [6, 6.07) is 4.04. The molecule has 0 bridgehead atoms. The molecule has 4 nitrogen and oxygen atoms in total. The molecule has 1 aliphatic heterocycles. The molecular formula is C10H13N3O. The first-order chi connectivity index (χ1) is 6.84. The number of carbonyl (C=O) groups excluding carboxylic acids is 1. The fourth-order valence-corrected chi connectivity index (χ4v) is 1.36. The lowest BCUT2D eigenvalue weighted by atomic mass is 10.1. The molecule has 1 fully saturated rings. The number of pyridine rings is 1. The van der Waals surface area contributed by atoms with Gasteiger partial charge >= 0.3 is 0 Å². The van der Waals surface area contributed by atoms with Crippen molar-refractivity contribution in [1.29, 1.82) is 0 Å². The standard InChI is InChI=1S/C10H13N3O/c14-10(13-9-6-12-7-9)5-8-1-3-11-4-2-8/h1-4,9,12H,5-7H2,(H,13,14). The molecule has 2 N–H and O–H groups in total. The predicted octanol–water partition coefficient (Wildman–Crippen LogP) is -0.288. The SMILES string of the molecule is O=C(Cc1ccncc1)NC1CNC1. The molecule has 0 unspecified atom stereocenters. The molecule has 2 heterocycles. The van der Waals surface area contributed by atoms with E-state index < -0.39 is 0 Å². The molecule has 74 valence electrons. The molecule has 0 radical (unpaired) electrons. The zero-order valence-electron chi connectivity index (χ0n) is 7.86. The van der Waals surface area contributed by atoms with Crippen molar-refractivity contribution in [2.24, 2.45) is 0 Å². The highest BCUT2D eigenvalue weighted by Crippen LogP contribution is 1.98. The first-order valence-corrected chi connectivity index (χ1v) is 4.73. The molecule has 1 amide bonds. The van der Waals surface area contributed by atoms with E-state index in [1.54, 1.807) is 12.4 Å². The number of hydrogen-bond acceptors (Lipinski definition) is 3. The minimum atomic E-state index is 0.0858. The average Bonchev–Trinajstić information content (AvgIpc) is 2.13. The summed E-state index contributed by atoms with van der Waals surface area (Å²) in [6.07, 6.45) is 3.85. The Kier molecular flexibility index (Phi) is 2.74. The van der Waals surface area contributed by atoms with Crippen molar-refractivity contribution in [3.63, 3.8) is 0 Å². The highest BCUT2D eigenvalue weighted by atomic mass is 16.1. The van der Waals surface area contributed by atoms with Crippen LogP contribution in [0.25, 0.3) is 0 Å². The molecule has 0 aromatic carbocycles. The number of carbonyl (C=O) groups is 1. The quantitative estimate of drug-likeness (QED) is 0.690. The van der Waals surface area contributed by atoms with E-state index >= 15 is 0 Å². The lowest BCUT2D eigenvalue weighted by Gasteiger charge is -2.27. The van der Waals surface area contributed by atoms with Gasteiger partial charge in [-0.15, -0.1) is 0 Å². The average molecular weight is 191 g/mol. The van der Waals surface area contributed by atoms with Gasteiger partial charge in [0.1, 0.15) is 0 Å². The Balaban J connectivity index is 1.82. The highest BCUT2D eigenvalue weighted by molar-refractivity contribution is 5.78. The van der Waals surface area contributed by atoms with E-state index in [4.69, 9.17) is 0 Å². The monoisotopic (exact) mass is 191 g/mol. The Morgan fingerprint density at radius 1 is 1.50 bits per heavy atom. The van der Waals surface area contributed by atoms with Crippen LogP contribution in [0.1, 0.15) is 5.56 Å². The maximum atomic E-state index is 11.5. The van der Waals surface area contributed by atoms with E-state index in [0.29, 0.717) is 12.5 Å². The van der Waals surface area contributed by atoms with E-state index in [-0.39, 0.29) is 5.91 Å². The molecule has 4 heteroatoms. The molecule has 1 aromatic rings. The van der Waals surface area contributed by atoms with Crippen LogP contribution in [0.15, 0.2) is 24.5 Å². The van der Waals surface area contributed by atoms with E-state index in [1.807, 2.05) is 12.1 Å². The van der Waals surface area contributed by atoms with Crippen molar-refractivity contribution in [3.8, 4) is 0 Å². The molecule has 1 saturated heterocycles. The Bertz CT molecular complexity index is 308. The van der Waals surface area contributed by atoms with Crippen molar-refractivity contribution in [3.05, 3.63) is 30.1 Å². The van der Waals surface area contributed by atoms with Gasteiger partial charge in [-0.1, -0.05) is 0 Å². The second kappa shape index (κ2) is 4.19. The molecule has 1 aromatic heterocycles. The topological polar surface area (TPSA) is 54.0 Å². The third-order valence-corrected chi connectivity index (χ3v) is 2.26. The van der Waals surface area contributed by atoms with Crippen LogP contribution in [0.3, 0.4) is 0 Å². The summed E-state index contributed by atoms with van der Waals surface area (Å²) in [5, 5.41) is 6.05. The molecule has 2 rings (SSSR count). The van der Waals surface area contributed by atoms with Gasteiger partial charge in [0, 0.05) is 25.5 Å². The van der Waals surface area contributed by atoms with Gasteiger partial charge in [-0.3, -0.25) is 9.78 Å². The third kappa shape index (κ3) is 2.29. The summed E-state index contributed by atoms with van der Waals surface area (Å²) >= 11 is 0. The maximum absolute atomic E-state index is 11.5. The van der Waals surface area contributed by atoms with Crippen molar-refractivity contribution in [2.75, 3.05) is 13.1 Å². The first kappa shape index (κ1) is 9.15. The summed E-state index contributed by atoms with van der Waals surface area (Å²) in [4.78, 5) is 15.4. The first-order valence-electron chi connectivity index (χ1n) is 4.73. The smallest absolute Gasteiger partial charge is 0.224 e. The number of rotatable bonds is 3. The van der Waals surface area contributed by atoms with E-state index in [1.165, 1.54) is 0 Å². The van der Waals surface area contributed by atoms with Gasteiger partial charge in [-0.2, -0.15) is 0 Å². The van der Waals surface area contributed by atoms with Crippen LogP contribution >= 0.6 is 0 Å². The van der Waals surface area contributed by atoms with Gasteiger partial charge in [-0.25, -0.2) is 0 Å². The normalized spacial score (nSPS) is 16.0. The largest absolute Gasteiger partial charge is 0.351 e. The Hall–Kier alpha value is -1.42. The Labute approximate surface area is 82.7 Å². The van der Waals surface area contributed by atoms with Crippen molar-refractivity contribution in [1.82, 2.24) is 15.6 Å². The van der Waals surface area contributed by atoms with Crippen molar-refractivity contribution >= 4 is 5.91 Å². The number of nitrogens with one attached hydrogen (secondary N) is 2. The Morgan fingerprint density at radius 2 is 2.21 bits per heavy atom. The van der Waals surface area contributed by atoms with E-state index in [2.05, 4.69) is 15.6 Å². The van der Waals surface area contributed by atoms with Gasteiger partial charge in [0.25, 0.3) is 0 Å². The summed E-state index contributed by atoms with van der Waals surface area (Å²) in [7, 11) is 0. The summed E-state index contributed by atoms with van der Waals surface area (Å²) in [6.45, 7) is 1.78. The number of nitrogens with zero attached hydrogens (tertiary/aromatic N) is 1. The molecule has 0 saturated carbocycles. The van der Waals surface area contributed by atoms with Gasteiger partial charge in [0.05, 0.1) is 12.5 Å². The second-order valence-corrected chi connectivity index (χ2v) is 3.45. The molecule has 0 aliphatic carbocycles. The molecule has 14 heavy (non-hydrogen) atoms. The number of amides is 1. The number of hydrogen-bond donors (Lipinski definition) is 2. The summed E-state index contributed by atoms with van der Waals surface area (Å²) in [5.41, 5.74) is 1.00.